The minimum Gasteiger partial charge on any atom is -0.334 e. The fourth-order valence-electron chi connectivity index (χ4n) is 2.74. The summed E-state index contributed by atoms with van der Waals surface area (Å²) in [6.45, 7) is 3.56. The topological polar surface area (TPSA) is 35.6 Å². The van der Waals surface area contributed by atoms with Gasteiger partial charge in [-0.2, -0.15) is 0 Å². The van der Waals surface area contributed by atoms with Crippen LogP contribution >= 0.6 is 0 Å². The zero-order valence-corrected chi connectivity index (χ0v) is 12.4. The van der Waals surface area contributed by atoms with Gasteiger partial charge in [-0.05, 0) is 50.2 Å². The number of nitrogens with zero attached hydrogens (tertiary/aromatic N) is 2. The molecule has 2 aliphatic rings. The van der Waals surface area contributed by atoms with Gasteiger partial charge in [0.25, 0.3) is 5.91 Å². The molecule has 0 atom stereocenters. The van der Waals surface area contributed by atoms with E-state index < -0.39 is 0 Å². The standard InChI is InChI=1S/C16H23N3O/c1-18(2)7-8-19(15-5-6-15)16(20)12-3-4-13-10-17-11-14(13)9-12/h3-4,9,15,17H,5-8,10-11H2,1-2H3. The molecule has 0 spiro atoms. The molecule has 1 fully saturated rings. The highest BCUT2D eigenvalue weighted by Gasteiger charge is 2.33. The number of nitrogens with one attached hydrogen (secondary N) is 1. The van der Waals surface area contributed by atoms with E-state index in [1.807, 2.05) is 6.07 Å². The van der Waals surface area contributed by atoms with Crippen molar-refractivity contribution in [2.45, 2.75) is 32.0 Å². The van der Waals surface area contributed by atoms with Gasteiger partial charge in [-0.1, -0.05) is 6.07 Å². The van der Waals surface area contributed by atoms with Crippen LogP contribution in [-0.4, -0.2) is 48.9 Å². The van der Waals surface area contributed by atoms with Crippen molar-refractivity contribution in [1.29, 1.82) is 0 Å². The quantitative estimate of drug-likeness (QED) is 0.882. The lowest BCUT2D eigenvalue weighted by atomic mass is 10.1. The molecule has 108 valence electrons. The number of benzene rings is 1. The summed E-state index contributed by atoms with van der Waals surface area (Å²) in [6.07, 6.45) is 2.32. The van der Waals surface area contributed by atoms with Crippen LogP contribution in [0.4, 0.5) is 0 Å². The number of fused-ring (bicyclic) bond motifs is 1. The summed E-state index contributed by atoms with van der Waals surface area (Å²) in [5, 5.41) is 3.33. The Morgan fingerprint density at radius 2 is 1.95 bits per heavy atom. The Morgan fingerprint density at radius 3 is 2.65 bits per heavy atom. The van der Waals surface area contributed by atoms with Gasteiger partial charge in [-0.15, -0.1) is 0 Å². The average molecular weight is 273 g/mol. The lowest BCUT2D eigenvalue weighted by Crippen LogP contribution is -2.38. The molecular weight excluding hydrogens is 250 g/mol. The maximum absolute atomic E-state index is 12.7. The van der Waals surface area contributed by atoms with E-state index >= 15 is 0 Å². The molecule has 1 aliphatic heterocycles. The third-order valence-corrected chi connectivity index (χ3v) is 4.12. The third-order valence-electron chi connectivity index (χ3n) is 4.12. The fourth-order valence-corrected chi connectivity index (χ4v) is 2.74. The Kier molecular flexibility index (Phi) is 3.76. The van der Waals surface area contributed by atoms with Crippen LogP contribution in [0.15, 0.2) is 18.2 Å². The molecule has 1 saturated carbocycles. The van der Waals surface area contributed by atoms with Crippen molar-refractivity contribution in [3.8, 4) is 0 Å². The monoisotopic (exact) mass is 273 g/mol. The first-order chi connectivity index (χ1) is 9.65. The molecule has 0 aromatic heterocycles. The summed E-state index contributed by atoms with van der Waals surface area (Å²) >= 11 is 0. The first-order valence-electron chi connectivity index (χ1n) is 7.43. The van der Waals surface area contributed by atoms with Crippen LogP contribution in [0, 0.1) is 0 Å². The van der Waals surface area contributed by atoms with Crippen LogP contribution in [0.5, 0.6) is 0 Å². The normalized spacial score (nSPS) is 17.4. The Balaban J connectivity index is 1.75. The highest BCUT2D eigenvalue weighted by atomic mass is 16.2. The molecule has 1 aromatic carbocycles. The smallest absolute Gasteiger partial charge is 0.254 e. The Morgan fingerprint density at radius 1 is 1.20 bits per heavy atom. The number of carbonyl (C=O) groups excluding carboxylic acids is 1. The first-order valence-corrected chi connectivity index (χ1v) is 7.43. The summed E-state index contributed by atoms with van der Waals surface area (Å²) in [4.78, 5) is 16.9. The van der Waals surface area contributed by atoms with Gasteiger partial charge in [0.2, 0.25) is 0 Å². The lowest BCUT2D eigenvalue weighted by molar-refractivity contribution is 0.0732. The molecule has 1 aromatic rings. The molecule has 20 heavy (non-hydrogen) atoms. The Hall–Kier alpha value is -1.39. The number of rotatable bonds is 5. The summed E-state index contributed by atoms with van der Waals surface area (Å²) in [6, 6.07) is 6.62. The van der Waals surface area contributed by atoms with Crippen LogP contribution in [0.3, 0.4) is 0 Å². The van der Waals surface area contributed by atoms with E-state index in [2.05, 4.69) is 41.3 Å². The average Bonchev–Trinajstić information content (AvgIpc) is 3.15. The highest BCUT2D eigenvalue weighted by Crippen LogP contribution is 2.28. The number of hydrogen-bond donors (Lipinski definition) is 1. The summed E-state index contributed by atoms with van der Waals surface area (Å²) in [7, 11) is 4.10. The molecule has 0 radical (unpaired) electrons. The number of amides is 1. The van der Waals surface area contributed by atoms with Gasteiger partial charge in [-0.25, -0.2) is 0 Å². The van der Waals surface area contributed by atoms with Crippen LogP contribution in [0.25, 0.3) is 0 Å². The van der Waals surface area contributed by atoms with Crippen LogP contribution in [0.2, 0.25) is 0 Å². The Labute approximate surface area is 120 Å². The number of carbonyl (C=O) groups is 1. The van der Waals surface area contributed by atoms with Crippen molar-refractivity contribution in [1.82, 2.24) is 15.1 Å². The Bertz CT molecular complexity index is 508. The summed E-state index contributed by atoms with van der Waals surface area (Å²) in [5.74, 6) is 0.198. The molecule has 1 N–H and O–H groups in total. The molecular formula is C16H23N3O. The minimum atomic E-state index is 0.198. The van der Waals surface area contributed by atoms with Crippen molar-refractivity contribution < 1.29 is 4.79 Å². The van der Waals surface area contributed by atoms with Gasteiger partial charge in [-0.3, -0.25) is 4.79 Å². The second-order valence-corrected chi connectivity index (χ2v) is 6.12. The van der Waals surface area contributed by atoms with E-state index in [0.717, 1.165) is 44.6 Å². The van der Waals surface area contributed by atoms with Crippen LogP contribution in [-0.2, 0) is 13.1 Å². The van der Waals surface area contributed by atoms with Gasteiger partial charge in [0.15, 0.2) is 0 Å². The van der Waals surface area contributed by atoms with Crippen molar-refractivity contribution >= 4 is 5.91 Å². The first kappa shape index (κ1) is 13.6. The van der Waals surface area contributed by atoms with E-state index in [1.54, 1.807) is 0 Å². The zero-order valence-electron chi connectivity index (χ0n) is 12.4. The summed E-state index contributed by atoms with van der Waals surface area (Å²) in [5.41, 5.74) is 3.45. The van der Waals surface area contributed by atoms with Gasteiger partial charge >= 0.3 is 0 Å². The number of hydrogen-bond acceptors (Lipinski definition) is 3. The molecule has 0 saturated heterocycles. The SMILES string of the molecule is CN(C)CCN(C(=O)c1ccc2c(c1)CNC2)C1CC1. The molecule has 1 heterocycles. The van der Waals surface area contributed by atoms with E-state index in [1.165, 1.54) is 11.1 Å². The highest BCUT2D eigenvalue weighted by molar-refractivity contribution is 5.95. The van der Waals surface area contributed by atoms with Gasteiger partial charge in [0, 0.05) is 37.8 Å². The molecule has 4 nitrogen and oxygen atoms in total. The maximum atomic E-state index is 12.7. The van der Waals surface area contributed by atoms with Crippen LogP contribution in [0.1, 0.15) is 34.3 Å². The van der Waals surface area contributed by atoms with E-state index in [4.69, 9.17) is 0 Å². The molecule has 3 rings (SSSR count). The summed E-state index contributed by atoms with van der Waals surface area (Å²) < 4.78 is 0. The predicted octanol–water partition coefficient (Wildman–Crippen LogP) is 1.46. The maximum Gasteiger partial charge on any atom is 0.254 e. The van der Waals surface area contributed by atoms with Crippen molar-refractivity contribution in [2.75, 3.05) is 27.2 Å². The van der Waals surface area contributed by atoms with Crippen molar-refractivity contribution in [3.63, 3.8) is 0 Å². The van der Waals surface area contributed by atoms with E-state index in [-0.39, 0.29) is 5.91 Å². The van der Waals surface area contributed by atoms with Crippen molar-refractivity contribution in [2.24, 2.45) is 0 Å². The van der Waals surface area contributed by atoms with E-state index in [9.17, 15) is 4.79 Å². The molecule has 0 bridgehead atoms. The second-order valence-electron chi connectivity index (χ2n) is 6.12. The number of likely N-dealkylation sites (N-methyl/N-ethyl adjacent to an activating group) is 1. The second kappa shape index (κ2) is 5.54. The third kappa shape index (κ3) is 2.86. The molecule has 0 unspecified atom stereocenters. The molecule has 4 heteroatoms. The molecule has 1 aliphatic carbocycles. The van der Waals surface area contributed by atoms with Crippen LogP contribution < -0.4 is 5.32 Å². The largest absolute Gasteiger partial charge is 0.334 e. The zero-order chi connectivity index (χ0) is 14.1. The van der Waals surface area contributed by atoms with Crippen molar-refractivity contribution in [3.05, 3.63) is 34.9 Å². The van der Waals surface area contributed by atoms with E-state index in [0.29, 0.717) is 6.04 Å². The van der Waals surface area contributed by atoms with Gasteiger partial charge in [0.1, 0.15) is 0 Å². The fraction of sp³-hybridized carbons (Fsp3) is 0.562. The van der Waals surface area contributed by atoms with Gasteiger partial charge < -0.3 is 15.1 Å². The minimum absolute atomic E-state index is 0.198. The lowest BCUT2D eigenvalue weighted by Gasteiger charge is -2.24. The molecule has 1 amide bonds. The predicted molar refractivity (Wildman–Crippen MR) is 79.6 cm³/mol. The van der Waals surface area contributed by atoms with Gasteiger partial charge in [0.05, 0.1) is 0 Å².